The molecule has 1 saturated heterocycles. The van der Waals surface area contributed by atoms with Crippen LogP contribution in [0.15, 0.2) is 28.8 Å². The fraction of sp³-hybridized carbons (Fsp3) is 0.545. The zero-order valence-corrected chi connectivity index (χ0v) is 17.8. The van der Waals surface area contributed by atoms with Gasteiger partial charge < -0.3 is 14.2 Å². The van der Waals surface area contributed by atoms with Gasteiger partial charge in [0.25, 0.3) is 5.91 Å². The van der Waals surface area contributed by atoms with Gasteiger partial charge in [0.1, 0.15) is 11.5 Å². The summed E-state index contributed by atoms with van der Waals surface area (Å²) in [6.07, 6.45) is 4.60. The Morgan fingerprint density at radius 3 is 2.72 bits per heavy atom. The number of benzene rings is 1. The lowest BCUT2D eigenvalue weighted by Gasteiger charge is -2.37. The molecule has 1 aromatic carbocycles. The predicted molar refractivity (Wildman–Crippen MR) is 111 cm³/mol. The maximum atomic E-state index is 12.4. The highest BCUT2D eigenvalue weighted by Gasteiger charge is 2.33. The molecule has 1 aliphatic heterocycles. The van der Waals surface area contributed by atoms with Gasteiger partial charge in [-0.05, 0) is 69.3 Å². The van der Waals surface area contributed by atoms with E-state index >= 15 is 0 Å². The van der Waals surface area contributed by atoms with Gasteiger partial charge in [0.05, 0.1) is 6.10 Å². The monoisotopic (exact) mass is 417 g/mol. The van der Waals surface area contributed by atoms with Crippen LogP contribution in [0, 0.1) is 12.8 Å². The molecule has 1 amide bonds. The SMILES string of the molecule is Cc1cc(C(=O)N(C)CC2CC(Oc3ccc(CN4CCCC4)c(Cl)c3)C2)no1. The van der Waals surface area contributed by atoms with Crippen LogP contribution in [0.1, 0.15) is 47.5 Å². The van der Waals surface area contributed by atoms with Gasteiger partial charge in [0, 0.05) is 31.2 Å². The molecular formula is C22H28ClN3O3. The van der Waals surface area contributed by atoms with E-state index in [1.165, 1.54) is 12.8 Å². The van der Waals surface area contributed by atoms with Crippen molar-refractivity contribution < 1.29 is 14.1 Å². The van der Waals surface area contributed by atoms with Gasteiger partial charge in [0.15, 0.2) is 5.69 Å². The van der Waals surface area contributed by atoms with Crippen LogP contribution in [0.2, 0.25) is 5.02 Å². The van der Waals surface area contributed by atoms with Gasteiger partial charge in [-0.3, -0.25) is 9.69 Å². The average molecular weight is 418 g/mol. The molecule has 0 N–H and O–H groups in total. The number of hydrogen-bond acceptors (Lipinski definition) is 5. The lowest BCUT2D eigenvalue weighted by molar-refractivity contribution is 0.0415. The van der Waals surface area contributed by atoms with E-state index in [4.69, 9.17) is 20.9 Å². The summed E-state index contributed by atoms with van der Waals surface area (Å²) in [6, 6.07) is 7.71. The van der Waals surface area contributed by atoms with Crippen LogP contribution in [0.4, 0.5) is 0 Å². The van der Waals surface area contributed by atoms with Crippen LogP contribution in [0.5, 0.6) is 5.75 Å². The van der Waals surface area contributed by atoms with Crippen molar-refractivity contribution in [3.63, 3.8) is 0 Å². The molecule has 1 aliphatic carbocycles. The van der Waals surface area contributed by atoms with Crippen molar-refractivity contribution >= 4 is 17.5 Å². The zero-order valence-electron chi connectivity index (χ0n) is 17.1. The molecule has 0 bridgehead atoms. The molecule has 1 saturated carbocycles. The number of halogens is 1. The number of nitrogens with zero attached hydrogens (tertiary/aromatic N) is 3. The fourth-order valence-electron chi connectivity index (χ4n) is 4.16. The summed E-state index contributed by atoms with van der Waals surface area (Å²) < 4.78 is 11.1. The van der Waals surface area contributed by atoms with Crippen LogP contribution in [0.3, 0.4) is 0 Å². The summed E-state index contributed by atoms with van der Waals surface area (Å²) in [5.74, 6) is 1.80. The number of aromatic nitrogens is 1. The molecule has 0 spiro atoms. The van der Waals surface area contributed by atoms with Gasteiger partial charge in [-0.1, -0.05) is 22.8 Å². The van der Waals surface area contributed by atoms with Crippen molar-refractivity contribution in [2.75, 3.05) is 26.7 Å². The summed E-state index contributed by atoms with van der Waals surface area (Å²) in [5.41, 5.74) is 1.52. The van der Waals surface area contributed by atoms with Crippen LogP contribution < -0.4 is 4.74 Å². The third-order valence-electron chi connectivity index (χ3n) is 5.84. The molecule has 156 valence electrons. The van der Waals surface area contributed by atoms with Crippen molar-refractivity contribution in [1.29, 1.82) is 0 Å². The molecule has 0 unspecified atom stereocenters. The first kappa shape index (κ1) is 20.2. The Kier molecular flexibility index (Phi) is 6.11. The van der Waals surface area contributed by atoms with E-state index in [9.17, 15) is 4.79 Å². The molecule has 29 heavy (non-hydrogen) atoms. The number of likely N-dealkylation sites (tertiary alicyclic amines) is 1. The van der Waals surface area contributed by atoms with Gasteiger partial charge in [-0.15, -0.1) is 0 Å². The molecule has 0 radical (unpaired) electrons. The van der Waals surface area contributed by atoms with E-state index < -0.39 is 0 Å². The Labute approximate surface area is 176 Å². The molecule has 1 aromatic heterocycles. The first-order valence-electron chi connectivity index (χ1n) is 10.3. The Morgan fingerprint density at radius 2 is 2.07 bits per heavy atom. The third-order valence-corrected chi connectivity index (χ3v) is 6.19. The van der Waals surface area contributed by atoms with E-state index in [1.807, 2.05) is 12.1 Å². The minimum atomic E-state index is -0.105. The Bertz CT molecular complexity index is 857. The average Bonchev–Trinajstić information content (AvgIpc) is 3.33. The second kappa shape index (κ2) is 8.76. The van der Waals surface area contributed by atoms with E-state index in [1.54, 1.807) is 24.9 Å². The van der Waals surface area contributed by atoms with Gasteiger partial charge in [-0.2, -0.15) is 0 Å². The number of carbonyl (C=O) groups excluding carboxylic acids is 1. The Balaban J connectivity index is 1.23. The first-order chi connectivity index (χ1) is 14.0. The van der Waals surface area contributed by atoms with Crippen molar-refractivity contribution in [3.8, 4) is 5.75 Å². The van der Waals surface area contributed by atoms with Crippen LogP contribution >= 0.6 is 11.6 Å². The highest BCUT2D eigenvalue weighted by molar-refractivity contribution is 6.31. The van der Waals surface area contributed by atoms with Gasteiger partial charge >= 0.3 is 0 Å². The van der Waals surface area contributed by atoms with Gasteiger partial charge in [-0.25, -0.2) is 0 Å². The lowest BCUT2D eigenvalue weighted by Crippen LogP contribution is -2.42. The summed E-state index contributed by atoms with van der Waals surface area (Å²) in [6.45, 7) is 5.70. The molecule has 2 aromatic rings. The van der Waals surface area contributed by atoms with Crippen molar-refractivity contribution in [2.24, 2.45) is 5.92 Å². The van der Waals surface area contributed by atoms with E-state index in [0.29, 0.717) is 23.9 Å². The fourth-order valence-corrected chi connectivity index (χ4v) is 4.39. The highest BCUT2D eigenvalue weighted by atomic mass is 35.5. The van der Waals surface area contributed by atoms with Gasteiger partial charge in [0.2, 0.25) is 0 Å². The van der Waals surface area contributed by atoms with Crippen molar-refractivity contribution in [3.05, 3.63) is 46.3 Å². The quantitative estimate of drug-likeness (QED) is 0.676. The molecular weight excluding hydrogens is 390 g/mol. The summed E-state index contributed by atoms with van der Waals surface area (Å²) in [5, 5.41) is 4.58. The topological polar surface area (TPSA) is 58.8 Å². The van der Waals surface area contributed by atoms with E-state index in [2.05, 4.69) is 16.1 Å². The second-order valence-corrected chi connectivity index (χ2v) is 8.73. The Morgan fingerprint density at radius 1 is 1.31 bits per heavy atom. The van der Waals surface area contributed by atoms with E-state index in [-0.39, 0.29) is 12.0 Å². The number of aryl methyl sites for hydroxylation is 1. The molecule has 4 rings (SSSR count). The molecule has 0 atom stereocenters. The molecule has 7 heteroatoms. The normalized spacial score (nSPS) is 21.8. The summed E-state index contributed by atoms with van der Waals surface area (Å²) >= 11 is 6.48. The van der Waals surface area contributed by atoms with Crippen molar-refractivity contribution in [1.82, 2.24) is 15.0 Å². The molecule has 2 fully saturated rings. The predicted octanol–water partition coefficient (Wildman–Crippen LogP) is 4.16. The maximum absolute atomic E-state index is 12.4. The van der Waals surface area contributed by atoms with Crippen LogP contribution in [-0.2, 0) is 6.54 Å². The Hall–Kier alpha value is -2.05. The number of hydrogen-bond donors (Lipinski definition) is 0. The molecule has 2 heterocycles. The number of amides is 1. The summed E-state index contributed by atoms with van der Waals surface area (Å²) in [4.78, 5) is 16.5. The third kappa shape index (κ3) is 4.93. The number of ether oxygens (including phenoxy) is 1. The standard InChI is InChI=1S/C22H28ClN3O3/c1-15-9-21(24-29-15)22(27)25(2)13-16-10-19(11-16)28-18-6-5-17(20(23)12-18)14-26-7-3-4-8-26/h5-6,9,12,16,19H,3-4,7-8,10-11,13-14H2,1-2H3. The zero-order chi connectivity index (χ0) is 20.4. The largest absolute Gasteiger partial charge is 0.490 e. The maximum Gasteiger partial charge on any atom is 0.275 e. The summed E-state index contributed by atoms with van der Waals surface area (Å²) in [7, 11) is 1.80. The van der Waals surface area contributed by atoms with Crippen LogP contribution in [0.25, 0.3) is 0 Å². The van der Waals surface area contributed by atoms with E-state index in [0.717, 1.165) is 48.8 Å². The highest BCUT2D eigenvalue weighted by Crippen LogP contribution is 2.33. The number of carbonyl (C=O) groups is 1. The number of rotatable bonds is 7. The minimum absolute atomic E-state index is 0.105. The first-order valence-corrected chi connectivity index (χ1v) is 10.7. The molecule has 2 aliphatic rings. The second-order valence-electron chi connectivity index (χ2n) is 8.32. The minimum Gasteiger partial charge on any atom is -0.490 e. The smallest absolute Gasteiger partial charge is 0.275 e. The lowest BCUT2D eigenvalue weighted by atomic mass is 9.82. The molecule has 6 nitrogen and oxygen atoms in total. The van der Waals surface area contributed by atoms with Crippen molar-refractivity contribution in [2.45, 2.75) is 45.3 Å². The van der Waals surface area contributed by atoms with Crippen LogP contribution in [-0.4, -0.2) is 53.6 Å².